The van der Waals surface area contributed by atoms with Gasteiger partial charge in [0, 0.05) is 63.5 Å². The van der Waals surface area contributed by atoms with Crippen molar-refractivity contribution in [2.45, 2.75) is 99.5 Å². The third-order valence-corrected chi connectivity index (χ3v) is 7.73. The lowest BCUT2D eigenvalue weighted by Crippen LogP contribution is -2.22. The van der Waals surface area contributed by atoms with Crippen molar-refractivity contribution in [3.8, 4) is 0 Å². The Balaban J connectivity index is 0.000000882. The number of hydrogen-bond acceptors (Lipinski definition) is 4. The molecule has 0 fully saturated rings. The number of aromatic nitrogens is 1. The summed E-state index contributed by atoms with van der Waals surface area (Å²) >= 11 is 0. The fraction of sp³-hybridized carbons (Fsp3) is 0.487. The Hall–Kier alpha value is -3.60. The van der Waals surface area contributed by atoms with Crippen LogP contribution in [-0.2, 0) is 13.0 Å². The normalized spacial score (nSPS) is 13.0. The minimum absolute atomic E-state index is 0. The highest BCUT2D eigenvalue weighted by molar-refractivity contribution is 5.47. The van der Waals surface area contributed by atoms with Crippen LogP contribution in [0.15, 0.2) is 93.5 Å². The highest BCUT2D eigenvalue weighted by atomic mass is 15.3. The van der Waals surface area contributed by atoms with Crippen LogP contribution < -0.4 is 0 Å². The van der Waals surface area contributed by atoms with Gasteiger partial charge in [0.05, 0.1) is 13.3 Å². The van der Waals surface area contributed by atoms with E-state index in [9.17, 15) is 0 Å². The molecule has 0 amide bonds. The summed E-state index contributed by atoms with van der Waals surface area (Å²) < 4.78 is 2.03. The highest BCUT2D eigenvalue weighted by Gasteiger charge is 2.09. The van der Waals surface area contributed by atoms with E-state index in [1.54, 1.807) is 0 Å². The Labute approximate surface area is 272 Å². The average molecular weight is 604 g/mol. The van der Waals surface area contributed by atoms with E-state index in [1.807, 2.05) is 23.0 Å². The zero-order chi connectivity index (χ0) is 29.1. The summed E-state index contributed by atoms with van der Waals surface area (Å²) in [7, 11) is 2.08. The molecule has 0 radical (unpaired) electrons. The van der Waals surface area contributed by atoms with Gasteiger partial charge in [0.15, 0.2) is 0 Å². The van der Waals surface area contributed by atoms with Gasteiger partial charge >= 0.3 is 0 Å². The van der Waals surface area contributed by atoms with Crippen LogP contribution >= 0.6 is 0 Å². The molecule has 1 aromatic heterocycles. The molecule has 0 aliphatic carbocycles. The van der Waals surface area contributed by atoms with Crippen LogP contribution in [0, 0.1) is 0 Å². The van der Waals surface area contributed by atoms with E-state index in [1.165, 1.54) is 93.9 Å². The largest absolute Gasteiger partial charge is 0.362 e. The standard InChI is InChI=1S/C23H37N3.C13H16N2.3CH4/c1-3-24-18-16-23(21-24)15-13-11-9-7-5-6-8-10-12-14-17-26-20-19-25(4-2)22-26;1-3-12-4-6-13(7-5-12)10-15-9-8-14(2)11-15;;;/h3-4,16,18-21H,1-2,5-15,17,22H2;3-9H,1,10-11H2,2H3;3*1H4. The Kier molecular flexibility index (Phi) is 21.9. The van der Waals surface area contributed by atoms with E-state index in [0.29, 0.717) is 0 Å². The van der Waals surface area contributed by atoms with Gasteiger partial charge in [-0.25, -0.2) is 0 Å². The maximum atomic E-state index is 3.80. The van der Waals surface area contributed by atoms with Crippen LogP contribution in [0.3, 0.4) is 0 Å². The first-order valence-corrected chi connectivity index (χ1v) is 15.5. The van der Waals surface area contributed by atoms with E-state index < -0.39 is 0 Å². The molecule has 5 heteroatoms. The SMILES string of the molecule is C.C.C.C=CN1C=CN(CCCCCCCCCCCCc2ccn(C=C)c2)C1.C=Cc1ccc(CN2C=CN(C)C2)cc1. The van der Waals surface area contributed by atoms with Crippen molar-refractivity contribution in [2.24, 2.45) is 0 Å². The fourth-order valence-corrected chi connectivity index (χ4v) is 5.21. The van der Waals surface area contributed by atoms with Gasteiger partial charge in [-0.15, -0.1) is 0 Å². The lowest BCUT2D eigenvalue weighted by molar-refractivity contribution is 0.291. The quantitative estimate of drug-likeness (QED) is 0.158. The summed E-state index contributed by atoms with van der Waals surface area (Å²) in [5.41, 5.74) is 3.94. The molecule has 0 spiro atoms. The van der Waals surface area contributed by atoms with Gasteiger partial charge in [-0.05, 0) is 48.2 Å². The summed E-state index contributed by atoms with van der Waals surface area (Å²) in [6.45, 7) is 15.4. The topological polar surface area (TPSA) is 17.9 Å². The molecular formula is C39H65N5. The maximum absolute atomic E-state index is 3.80. The van der Waals surface area contributed by atoms with Gasteiger partial charge in [0.2, 0.25) is 0 Å². The smallest absolute Gasteiger partial charge is 0.0935 e. The second-order valence-corrected chi connectivity index (χ2v) is 11.3. The molecule has 44 heavy (non-hydrogen) atoms. The number of hydrogen-bond donors (Lipinski definition) is 0. The zero-order valence-corrected chi connectivity index (χ0v) is 25.5. The van der Waals surface area contributed by atoms with Crippen LogP contribution in [-0.4, -0.2) is 51.1 Å². The predicted octanol–water partition coefficient (Wildman–Crippen LogP) is 10.6. The molecule has 0 saturated carbocycles. The molecule has 3 heterocycles. The first-order chi connectivity index (χ1) is 20.1. The van der Waals surface area contributed by atoms with Crippen molar-refractivity contribution in [3.05, 3.63) is 110 Å². The second kappa shape index (κ2) is 23.8. The summed E-state index contributed by atoms with van der Waals surface area (Å²) in [5.74, 6) is 0. The second-order valence-electron chi connectivity index (χ2n) is 11.3. The van der Waals surface area contributed by atoms with Gasteiger partial charge in [0.1, 0.15) is 0 Å². The Bertz CT molecular complexity index is 1080. The molecular weight excluding hydrogens is 538 g/mol. The van der Waals surface area contributed by atoms with Crippen molar-refractivity contribution in [2.75, 3.05) is 26.9 Å². The van der Waals surface area contributed by atoms with Crippen molar-refractivity contribution < 1.29 is 0 Å². The van der Waals surface area contributed by atoms with E-state index in [-0.39, 0.29) is 22.3 Å². The van der Waals surface area contributed by atoms with Crippen LogP contribution in [0.5, 0.6) is 0 Å². The molecule has 0 unspecified atom stereocenters. The molecule has 2 aromatic rings. The molecule has 0 atom stereocenters. The Morgan fingerprint density at radius 2 is 1.25 bits per heavy atom. The first kappa shape index (κ1) is 40.4. The zero-order valence-electron chi connectivity index (χ0n) is 25.5. The fourth-order valence-electron chi connectivity index (χ4n) is 5.21. The van der Waals surface area contributed by atoms with Gasteiger partial charge in [-0.3, -0.25) is 0 Å². The molecule has 1 aromatic carbocycles. The number of nitrogens with zero attached hydrogens (tertiary/aromatic N) is 5. The molecule has 246 valence electrons. The van der Waals surface area contributed by atoms with Crippen LogP contribution in [0.4, 0.5) is 0 Å². The van der Waals surface area contributed by atoms with E-state index in [4.69, 9.17) is 0 Å². The maximum Gasteiger partial charge on any atom is 0.0935 e. The minimum Gasteiger partial charge on any atom is -0.362 e. The van der Waals surface area contributed by atoms with Gasteiger partial charge in [0.25, 0.3) is 0 Å². The first-order valence-electron chi connectivity index (χ1n) is 15.5. The Morgan fingerprint density at radius 3 is 1.77 bits per heavy atom. The predicted molar refractivity (Wildman–Crippen MR) is 197 cm³/mol. The number of benzene rings is 1. The van der Waals surface area contributed by atoms with Crippen LogP contribution in [0.1, 0.15) is 103 Å². The number of aryl methyl sites for hydroxylation is 1. The molecule has 5 nitrogen and oxygen atoms in total. The summed E-state index contributed by atoms with van der Waals surface area (Å²) in [5, 5.41) is 0. The molecule has 4 rings (SSSR count). The van der Waals surface area contributed by atoms with E-state index >= 15 is 0 Å². The lowest BCUT2D eigenvalue weighted by atomic mass is 10.0. The molecule has 2 aliphatic rings. The summed E-state index contributed by atoms with van der Waals surface area (Å²) in [4.78, 5) is 8.94. The minimum atomic E-state index is 0. The van der Waals surface area contributed by atoms with Gasteiger partial charge in [-0.1, -0.05) is 124 Å². The summed E-state index contributed by atoms with van der Waals surface area (Å²) in [6, 6.07) is 10.7. The summed E-state index contributed by atoms with van der Waals surface area (Å²) in [6.07, 6.45) is 33.4. The number of unbranched alkanes of at least 4 members (excludes halogenated alkanes) is 9. The monoisotopic (exact) mass is 604 g/mol. The lowest BCUT2D eigenvalue weighted by Gasteiger charge is -2.18. The third kappa shape index (κ3) is 15.7. The van der Waals surface area contributed by atoms with Crippen molar-refractivity contribution in [1.29, 1.82) is 0 Å². The van der Waals surface area contributed by atoms with Crippen LogP contribution in [0.25, 0.3) is 12.3 Å². The molecule has 0 N–H and O–H groups in total. The third-order valence-electron chi connectivity index (χ3n) is 7.73. The van der Waals surface area contributed by atoms with Crippen molar-refractivity contribution >= 4 is 12.3 Å². The average Bonchev–Trinajstić information content (AvgIpc) is 3.76. The molecule has 2 aliphatic heterocycles. The molecule has 0 saturated heterocycles. The Morgan fingerprint density at radius 1 is 0.636 bits per heavy atom. The van der Waals surface area contributed by atoms with Crippen molar-refractivity contribution in [1.82, 2.24) is 24.2 Å². The van der Waals surface area contributed by atoms with E-state index in [0.717, 1.165) is 19.9 Å². The van der Waals surface area contributed by atoms with E-state index in [2.05, 4.69) is 114 Å². The highest BCUT2D eigenvalue weighted by Crippen LogP contribution is 2.15. The van der Waals surface area contributed by atoms with Crippen molar-refractivity contribution in [3.63, 3.8) is 0 Å². The van der Waals surface area contributed by atoms with Crippen LogP contribution in [0.2, 0.25) is 0 Å². The molecule has 0 bridgehead atoms. The number of rotatable bonds is 18. The van der Waals surface area contributed by atoms with Gasteiger partial charge in [-0.2, -0.15) is 0 Å². The van der Waals surface area contributed by atoms with Gasteiger partial charge < -0.3 is 24.2 Å².